The van der Waals surface area contributed by atoms with Crippen LogP contribution in [0.25, 0.3) is 0 Å². The zero-order chi connectivity index (χ0) is 13.7. The van der Waals surface area contributed by atoms with Crippen molar-refractivity contribution in [3.63, 3.8) is 0 Å². The third-order valence-electron chi connectivity index (χ3n) is 3.33. The van der Waals surface area contributed by atoms with Crippen molar-refractivity contribution in [1.29, 1.82) is 0 Å². The molecule has 0 aromatic heterocycles. The molecule has 7 heteroatoms. The first-order valence-corrected chi connectivity index (χ1v) is 7.71. The van der Waals surface area contributed by atoms with Crippen molar-refractivity contribution < 1.29 is 19.4 Å². The molecule has 0 radical (unpaired) electrons. The third-order valence-corrected chi connectivity index (χ3v) is 4.23. The maximum atomic E-state index is 11.8. The van der Waals surface area contributed by atoms with E-state index in [0.29, 0.717) is 57.3 Å². The van der Waals surface area contributed by atoms with Crippen molar-refractivity contribution in [2.45, 2.75) is 12.5 Å². The fourth-order valence-corrected chi connectivity index (χ4v) is 3.01. The van der Waals surface area contributed by atoms with Crippen LogP contribution in [0.4, 0.5) is 0 Å². The van der Waals surface area contributed by atoms with Gasteiger partial charge in [-0.1, -0.05) is 0 Å². The number of amides is 2. The Kier molecular flexibility index (Phi) is 5.47. The fraction of sp³-hybridized carbons (Fsp3) is 0.833. The summed E-state index contributed by atoms with van der Waals surface area (Å²) in [6.45, 7) is 3.54. The Labute approximate surface area is 117 Å². The molecule has 2 saturated heterocycles. The first kappa shape index (κ1) is 14.6. The van der Waals surface area contributed by atoms with Crippen molar-refractivity contribution >= 4 is 23.6 Å². The zero-order valence-electron chi connectivity index (χ0n) is 10.9. The highest BCUT2D eigenvalue weighted by atomic mass is 32.2. The molecular weight excluding hydrogens is 268 g/mol. The quantitative estimate of drug-likeness (QED) is 0.731. The first-order chi connectivity index (χ1) is 9.16. The van der Waals surface area contributed by atoms with Crippen molar-refractivity contribution in [2.24, 2.45) is 0 Å². The first-order valence-electron chi connectivity index (χ1n) is 6.56. The molecule has 6 nitrogen and oxygen atoms in total. The van der Waals surface area contributed by atoms with Crippen LogP contribution in [0.2, 0.25) is 0 Å². The van der Waals surface area contributed by atoms with Crippen LogP contribution in [-0.2, 0) is 14.3 Å². The van der Waals surface area contributed by atoms with Crippen LogP contribution < -0.4 is 0 Å². The van der Waals surface area contributed by atoms with Gasteiger partial charge in [0, 0.05) is 26.2 Å². The average molecular weight is 288 g/mol. The molecule has 19 heavy (non-hydrogen) atoms. The average Bonchev–Trinajstić information content (AvgIpc) is 2.86. The number of nitrogens with zero attached hydrogens (tertiary/aromatic N) is 2. The molecule has 0 unspecified atom stereocenters. The molecule has 2 amide bonds. The molecule has 0 aromatic carbocycles. The Balaban J connectivity index is 1.62. The maximum absolute atomic E-state index is 11.8. The van der Waals surface area contributed by atoms with Gasteiger partial charge in [-0.15, -0.1) is 11.8 Å². The summed E-state index contributed by atoms with van der Waals surface area (Å²) in [5.74, 6) is 0.726. The smallest absolute Gasteiger partial charge is 0.232 e. The predicted molar refractivity (Wildman–Crippen MR) is 71.9 cm³/mol. The summed E-state index contributed by atoms with van der Waals surface area (Å²) in [5.41, 5.74) is 0. The van der Waals surface area contributed by atoms with E-state index in [1.807, 2.05) is 0 Å². The summed E-state index contributed by atoms with van der Waals surface area (Å²) in [6.07, 6.45) is 0.271. The number of morpholine rings is 1. The minimum atomic E-state index is -0.385. The highest BCUT2D eigenvalue weighted by Gasteiger charge is 2.24. The molecule has 2 heterocycles. The zero-order valence-corrected chi connectivity index (χ0v) is 11.7. The number of rotatable bonds is 4. The van der Waals surface area contributed by atoms with E-state index in [0.717, 1.165) is 0 Å². The van der Waals surface area contributed by atoms with Crippen LogP contribution in [-0.4, -0.2) is 83.7 Å². The Bertz CT molecular complexity index is 317. The number of hydrogen-bond donors (Lipinski definition) is 1. The van der Waals surface area contributed by atoms with Crippen molar-refractivity contribution in [3.05, 3.63) is 0 Å². The minimum Gasteiger partial charge on any atom is -0.391 e. The van der Waals surface area contributed by atoms with E-state index >= 15 is 0 Å². The predicted octanol–water partition coefficient (Wildman–Crippen LogP) is -0.828. The molecule has 0 spiro atoms. The summed E-state index contributed by atoms with van der Waals surface area (Å²) in [7, 11) is 0. The van der Waals surface area contributed by atoms with Crippen LogP contribution in [0.5, 0.6) is 0 Å². The van der Waals surface area contributed by atoms with Gasteiger partial charge in [0.05, 0.1) is 30.8 Å². The number of aliphatic hydroxyl groups excluding tert-OH is 1. The summed E-state index contributed by atoms with van der Waals surface area (Å²) in [4.78, 5) is 27.1. The normalized spacial score (nSPS) is 23.7. The van der Waals surface area contributed by atoms with E-state index in [-0.39, 0.29) is 17.9 Å². The van der Waals surface area contributed by atoms with Gasteiger partial charge in [-0.3, -0.25) is 9.59 Å². The number of likely N-dealkylation sites (tertiary alicyclic amines) is 1. The van der Waals surface area contributed by atoms with E-state index in [1.165, 1.54) is 11.8 Å². The van der Waals surface area contributed by atoms with Crippen LogP contribution >= 0.6 is 11.8 Å². The second-order valence-corrected chi connectivity index (χ2v) is 5.75. The number of carbonyl (C=O) groups excluding carboxylic acids is 2. The number of thioether (sulfide) groups is 1. The summed E-state index contributed by atoms with van der Waals surface area (Å²) in [5, 5.41) is 9.36. The number of β-amino-alcohol motifs (C(OH)–C–C–N with tert-alkyl or cyclic N) is 1. The molecule has 2 rings (SSSR count). The second-order valence-electron chi connectivity index (χ2n) is 4.77. The van der Waals surface area contributed by atoms with Gasteiger partial charge in [0.25, 0.3) is 0 Å². The van der Waals surface area contributed by atoms with Crippen LogP contribution in [0.1, 0.15) is 6.42 Å². The molecule has 2 fully saturated rings. The fourth-order valence-electron chi connectivity index (χ4n) is 2.19. The molecule has 108 valence electrons. The molecule has 1 atom stereocenters. The molecule has 1 N–H and O–H groups in total. The van der Waals surface area contributed by atoms with Gasteiger partial charge in [0.2, 0.25) is 11.8 Å². The van der Waals surface area contributed by atoms with Crippen LogP contribution in [0.15, 0.2) is 0 Å². The van der Waals surface area contributed by atoms with Gasteiger partial charge in [0.15, 0.2) is 0 Å². The summed E-state index contributed by atoms with van der Waals surface area (Å²) < 4.78 is 5.18. The van der Waals surface area contributed by atoms with Crippen molar-refractivity contribution in [3.8, 4) is 0 Å². The monoisotopic (exact) mass is 288 g/mol. The third kappa shape index (κ3) is 4.36. The van der Waals surface area contributed by atoms with Crippen molar-refractivity contribution in [1.82, 2.24) is 9.80 Å². The number of aliphatic hydroxyl groups is 1. The van der Waals surface area contributed by atoms with Gasteiger partial charge >= 0.3 is 0 Å². The largest absolute Gasteiger partial charge is 0.391 e. The Morgan fingerprint density at radius 3 is 2.32 bits per heavy atom. The lowest BCUT2D eigenvalue weighted by Crippen LogP contribution is -2.41. The van der Waals surface area contributed by atoms with Gasteiger partial charge in [-0.2, -0.15) is 0 Å². The molecule has 0 bridgehead atoms. The van der Waals surface area contributed by atoms with Gasteiger partial charge < -0.3 is 19.6 Å². The Hall–Kier alpha value is -0.790. The lowest BCUT2D eigenvalue weighted by molar-refractivity contribution is -0.132. The summed E-state index contributed by atoms with van der Waals surface area (Å²) >= 11 is 1.35. The highest BCUT2D eigenvalue weighted by molar-refractivity contribution is 8.00. The molecule has 2 aliphatic rings. The lowest BCUT2D eigenvalue weighted by Gasteiger charge is -2.26. The number of carbonyl (C=O) groups is 2. The van der Waals surface area contributed by atoms with Gasteiger partial charge in [0.1, 0.15) is 0 Å². The second kappa shape index (κ2) is 7.12. The van der Waals surface area contributed by atoms with Gasteiger partial charge in [-0.05, 0) is 6.42 Å². The van der Waals surface area contributed by atoms with E-state index < -0.39 is 0 Å². The standard InChI is InChI=1S/C12H20N2O4S/c15-10-1-2-14(7-10)12(17)9-19-8-11(16)13-3-5-18-6-4-13/h10,15H,1-9H2/t10-/m1/s1. The molecule has 0 aromatic rings. The maximum Gasteiger partial charge on any atom is 0.232 e. The molecule has 0 saturated carbocycles. The van der Waals surface area contributed by atoms with E-state index in [9.17, 15) is 14.7 Å². The molecular formula is C12H20N2O4S. The SMILES string of the molecule is O=C(CSCC(=O)N1CC[C@@H](O)C1)N1CCOCC1. The van der Waals surface area contributed by atoms with Crippen molar-refractivity contribution in [2.75, 3.05) is 50.9 Å². The van der Waals surface area contributed by atoms with Crippen LogP contribution in [0, 0.1) is 0 Å². The topological polar surface area (TPSA) is 70.1 Å². The van der Waals surface area contributed by atoms with E-state index in [2.05, 4.69) is 0 Å². The minimum absolute atomic E-state index is 0.0105. The van der Waals surface area contributed by atoms with Gasteiger partial charge in [-0.25, -0.2) is 0 Å². The lowest BCUT2D eigenvalue weighted by atomic mass is 10.3. The molecule has 0 aliphatic carbocycles. The van der Waals surface area contributed by atoms with Crippen LogP contribution in [0.3, 0.4) is 0 Å². The Morgan fingerprint density at radius 2 is 1.74 bits per heavy atom. The molecule has 2 aliphatic heterocycles. The Morgan fingerprint density at radius 1 is 1.11 bits per heavy atom. The summed E-state index contributed by atoms with van der Waals surface area (Å²) in [6, 6.07) is 0. The van der Waals surface area contributed by atoms with E-state index in [1.54, 1.807) is 9.80 Å². The van der Waals surface area contributed by atoms with E-state index in [4.69, 9.17) is 4.74 Å². The number of hydrogen-bond acceptors (Lipinski definition) is 5. The highest BCUT2D eigenvalue weighted by Crippen LogP contribution is 2.12. The number of ether oxygens (including phenoxy) is 1.